The first-order valence-corrected chi connectivity index (χ1v) is 22.6. The molecule has 3 heterocycles. The molecule has 0 saturated heterocycles. The van der Waals surface area contributed by atoms with Crippen molar-refractivity contribution in [2.24, 2.45) is 0 Å². The molecule has 2 aliphatic carbocycles. The normalized spacial score (nSPS) is 14.5. The standard InChI is InChI=1S/C62H38N4/c63-39-40-33-34-41(65-57-29-13-9-25-52(57)61(53-26-10-14-30-58(53)65)48-21-5-1-17-43(48)44-18-2-6-22-49(44)61)37-47(40)56-38-42(35-36-64-56)66-59-31-15-11-27-54(59)62(55-28-12-16-32-60(55)66)50-23-7-3-19-45(50)46-20-4-8-24-51(46)62/h1-38H. The van der Waals surface area contributed by atoms with Gasteiger partial charge in [-0.15, -0.1) is 0 Å². The summed E-state index contributed by atoms with van der Waals surface area (Å²) in [5, 5.41) is 10.8. The van der Waals surface area contributed by atoms with Crippen LogP contribution in [0, 0.1) is 11.3 Å². The van der Waals surface area contributed by atoms with Gasteiger partial charge in [0.25, 0.3) is 0 Å². The largest absolute Gasteiger partial charge is 0.310 e. The summed E-state index contributed by atoms with van der Waals surface area (Å²) in [5.74, 6) is 0. The summed E-state index contributed by atoms with van der Waals surface area (Å²) >= 11 is 0. The van der Waals surface area contributed by atoms with Crippen molar-refractivity contribution in [2.75, 3.05) is 9.80 Å². The second-order valence-corrected chi connectivity index (χ2v) is 17.7. The van der Waals surface area contributed by atoms with E-state index < -0.39 is 10.8 Å². The van der Waals surface area contributed by atoms with Crippen molar-refractivity contribution in [3.05, 3.63) is 281 Å². The van der Waals surface area contributed by atoms with Gasteiger partial charge in [0.05, 0.1) is 50.9 Å². The van der Waals surface area contributed by atoms with Crippen molar-refractivity contribution < 1.29 is 0 Å². The Balaban J connectivity index is 0.944. The molecule has 4 nitrogen and oxygen atoms in total. The van der Waals surface area contributed by atoms with Crippen LogP contribution in [-0.2, 0) is 10.8 Å². The summed E-state index contributed by atoms with van der Waals surface area (Å²) in [6, 6.07) is 84.0. The molecule has 2 spiro atoms. The highest BCUT2D eigenvalue weighted by molar-refractivity contribution is 5.98. The predicted octanol–water partition coefficient (Wildman–Crippen LogP) is 14.9. The minimum atomic E-state index is -0.509. The Morgan fingerprint density at radius 3 is 1.05 bits per heavy atom. The maximum Gasteiger partial charge on any atom is 0.0998 e. The topological polar surface area (TPSA) is 43.2 Å². The molecule has 0 radical (unpaired) electrons. The summed E-state index contributed by atoms with van der Waals surface area (Å²) in [7, 11) is 0. The number of pyridine rings is 1. The number of nitrogens with zero attached hydrogens (tertiary/aromatic N) is 4. The third-order valence-electron chi connectivity index (χ3n) is 14.8. The highest BCUT2D eigenvalue weighted by Gasteiger charge is 2.53. The number of nitriles is 1. The van der Waals surface area contributed by atoms with Crippen LogP contribution < -0.4 is 9.80 Å². The first-order chi connectivity index (χ1) is 32.7. The second-order valence-electron chi connectivity index (χ2n) is 17.7. The van der Waals surface area contributed by atoms with E-state index in [2.05, 4.69) is 234 Å². The lowest BCUT2D eigenvalue weighted by Gasteiger charge is -2.45. The molecule has 0 fully saturated rings. The van der Waals surface area contributed by atoms with Gasteiger partial charge in [-0.25, -0.2) is 0 Å². The van der Waals surface area contributed by atoms with Gasteiger partial charge in [0.2, 0.25) is 0 Å². The number of fused-ring (bicyclic) bond motifs is 18. The fourth-order valence-electron chi connectivity index (χ4n) is 12.4. The fraction of sp³-hybridized carbons (Fsp3) is 0.0323. The van der Waals surface area contributed by atoms with Gasteiger partial charge in [0, 0.05) is 23.1 Å². The molecule has 306 valence electrons. The smallest absolute Gasteiger partial charge is 0.0998 e. The molecule has 0 bridgehead atoms. The Bertz CT molecular complexity index is 3530. The first kappa shape index (κ1) is 36.7. The Morgan fingerprint density at radius 2 is 0.667 bits per heavy atom. The van der Waals surface area contributed by atoms with Crippen LogP contribution in [0.3, 0.4) is 0 Å². The van der Waals surface area contributed by atoms with Crippen LogP contribution in [-0.4, -0.2) is 4.98 Å². The van der Waals surface area contributed by atoms with Crippen molar-refractivity contribution in [2.45, 2.75) is 10.8 Å². The number of hydrogen-bond donors (Lipinski definition) is 0. The summed E-state index contributed by atoms with van der Waals surface area (Å²) in [4.78, 5) is 9.80. The highest BCUT2D eigenvalue weighted by Crippen LogP contribution is 2.65. The highest BCUT2D eigenvalue weighted by atomic mass is 15.2. The third-order valence-corrected chi connectivity index (χ3v) is 14.8. The van der Waals surface area contributed by atoms with E-state index >= 15 is 0 Å². The van der Waals surface area contributed by atoms with E-state index in [0.717, 1.165) is 45.4 Å². The summed E-state index contributed by atoms with van der Waals surface area (Å²) < 4.78 is 0. The van der Waals surface area contributed by atoms with Gasteiger partial charge in [-0.05, 0) is 121 Å². The summed E-state index contributed by atoms with van der Waals surface area (Å²) in [6.45, 7) is 0. The van der Waals surface area contributed by atoms with E-state index in [4.69, 9.17) is 4.98 Å². The van der Waals surface area contributed by atoms with E-state index in [1.807, 2.05) is 12.3 Å². The van der Waals surface area contributed by atoms with Gasteiger partial charge in [-0.3, -0.25) is 4.98 Å². The van der Waals surface area contributed by atoms with Crippen molar-refractivity contribution in [3.63, 3.8) is 0 Å². The minimum Gasteiger partial charge on any atom is -0.310 e. The van der Waals surface area contributed by atoms with Crippen LogP contribution in [0.1, 0.15) is 50.1 Å². The minimum absolute atomic E-state index is 0.503. The van der Waals surface area contributed by atoms with Gasteiger partial charge in [0.1, 0.15) is 0 Å². The zero-order valence-corrected chi connectivity index (χ0v) is 35.7. The Kier molecular flexibility index (Phi) is 7.56. The van der Waals surface area contributed by atoms with Crippen molar-refractivity contribution >= 4 is 34.1 Å². The van der Waals surface area contributed by atoms with Crippen LogP contribution >= 0.6 is 0 Å². The predicted molar refractivity (Wildman–Crippen MR) is 265 cm³/mol. The average Bonchev–Trinajstić information content (AvgIpc) is 3.85. The molecular weight excluding hydrogens is 801 g/mol. The molecule has 9 aromatic carbocycles. The number of hydrogen-bond acceptors (Lipinski definition) is 4. The monoisotopic (exact) mass is 838 g/mol. The Hall–Kier alpha value is -8.78. The van der Waals surface area contributed by atoms with Crippen LogP contribution in [0.4, 0.5) is 34.1 Å². The maximum atomic E-state index is 10.8. The molecule has 10 aromatic rings. The van der Waals surface area contributed by atoms with E-state index in [9.17, 15) is 5.26 Å². The average molecular weight is 839 g/mol. The number of anilines is 6. The quantitative estimate of drug-likeness (QED) is 0.178. The Labute approximate surface area is 383 Å². The molecule has 1 aromatic heterocycles. The SMILES string of the molecule is N#Cc1ccc(N2c3ccccc3C3(c4ccccc4-c4ccccc43)c3ccccc32)cc1-c1cc(N2c3ccccc3C3(c4ccccc4-c4ccccc43)c3ccccc32)ccn1. The number of para-hydroxylation sites is 4. The van der Waals surface area contributed by atoms with E-state index in [1.165, 1.54) is 66.8 Å². The van der Waals surface area contributed by atoms with Gasteiger partial charge in [-0.1, -0.05) is 170 Å². The lowest BCUT2D eigenvalue weighted by atomic mass is 9.64. The van der Waals surface area contributed by atoms with Crippen LogP contribution in [0.5, 0.6) is 0 Å². The maximum absolute atomic E-state index is 10.8. The molecule has 0 amide bonds. The summed E-state index contributed by atoms with van der Waals surface area (Å²) in [6.07, 6.45) is 1.89. The molecule has 4 aliphatic rings. The molecule has 0 N–H and O–H groups in total. The molecule has 0 saturated carbocycles. The molecule has 2 aliphatic heterocycles. The molecule has 66 heavy (non-hydrogen) atoms. The number of benzene rings is 9. The third kappa shape index (κ3) is 4.58. The van der Waals surface area contributed by atoms with Crippen LogP contribution in [0.25, 0.3) is 33.5 Å². The lowest BCUT2D eigenvalue weighted by molar-refractivity contribution is 0.752. The van der Waals surface area contributed by atoms with Crippen molar-refractivity contribution in [3.8, 4) is 39.6 Å². The fourth-order valence-corrected chi connectivity index (χ4v) is 12.4. The van der Waals surface area contributed by atoms with Crippen LogP contribution in [0.2, 0.25) is 0 Å². The second kappa shape index (κ2) is 13.6. The molecule has 0 atom stereocenters. The van der Waals surface area contributed by atoms with Crippen molar-refractivity contribution in [1.82, 2.24) is 4.98 Å². The van der Waals surface area contributed by atoms with Crippen LogP contribution in [0.15, 0.2) is 231 Å². The van der Waals surface area contributed by atoms with Gasteiger partial charge in [-0.2, -0.15) is 5.26 Å². The van der Waals surface area contributed by atoms with Gasteiger partial charge in [0.15, 0.2) is 0 Å². The molecule has 0 unspecified atom stereocenters. The first-order valence-electron chi connectivity index (χ1n) is 22.6. The number of rotatable bonds is 3. The lowest BCUT2D eigenvalue weighted by Crippen LogP contribution is -2.36. The van der Waals surface area contributed by atoms with Crippen molar-refractivity contribution in [1.29, 1.82) is 5.26 Å². The van der Waals surface area contributed by atoms with Gasteiger partial charge >= 0.3 is 0 Å². The zero-order chi connectivity index (χ0) is 43.6. The van der Waals surface area contributed by atoms with E-state index in [1.54, 1.807) is 0 Å². The molecule has 4 heteroatoms. The van der Waals surface area contributed by atoms with E-state index in [-0.39, 0.29) is 0 Å². The molecule has 14 rings (SSSR count). The molecular formula is C62H38N4. The summed E-state index contributed by atoms with van der Waals surface area (Å²) in [5.41, 5.74) is 22.6. The van der Waals surface area contributed by atoms with E-state index in [0.29, 0.717) is 5.56 Å². The zero-order valence-electron chi connectivity index (χ0n) is 35.7. The van der Waals surface area contributed by atoms with Gasteiger partial charge < -0.3 is 9.80 Å². The Morgan fingerprint density at radius 1 is 0.333 bits per heavy atom. The number of aromatic nitrogens is 1.